The Labute approximate surface area is 154 Å². The van der Waals surface area contributed by atoms with Crippen LogP contribution in [0.15, 0.2) is 48.5 Å². The minimum Gasteiger partial charge on any atom is -0.384 e. The third kappa shape index (κ3) is 2.95. The molecule has 1 aromatic heterocycles. The molecule has 0 fully saturated rings. The van der Waals surface area contributed by atoms with Crippen LogP contribution in [0, 0.1) is 28.7 Å². The first-order valence-electron chi connectivity index (χ1n) is 7.52. The van der Waals surface area contributed by atoms with Crippen LogP contribution in [0.25, 0.3) is 5.69 Å². The van der Waals surface area contributed by atoms with Crippen LogP contribution in [0.2, 0.25) is 0 Å². The van der Waals surface area contributed by atoms with Crippen molar-refractivity contribution in [1.29, 1.82) is 5.26 Å². The summed E-state index contributed by atoms with van der Waals surface area (Å²) in [6, 6.07) is 17.3. The van der Waals surface area contributed by atoms with E-state index in [1.165, 1.54) is 0 Å². The Morgan fingerprint density at radius 3 is 2.50 bits per heavy atom. The molecule has 0 spiro atoms. The van der Waals surface area contributed by atoms with Crippen LogP contribution < -0.4 is 0 Å². The first-order valence-corrected chi connectivity index (χ1v) is 8.60. The van der Waals surface area contributed by atoms with Gasteiger partial charge in [-0.3, -0.25) is 0 Å². The van der Waals surface area contributed by atoms with Crippen LogP contribution in [0.1, 0.15) is 34.2 Å². The van der Waals surface area contributed by atoms with Crippen molar-refractivity contribution in [2.75, 3.05) is 0 Å². The lowest BCUT2D eigenvalue weighted by Gasteiger charge is -2.12. The van der Waals surface area contributed by atoms with Crippen molar-refractivity contribution >= 4 is 22.6 Å². The minimum atomic E-state index is -0.711. The van der Waals surface area contributed by atoms with E-state index in [4.69, 9.17) is 5.26 Å². The van der Waals surface area contributed by atoms with Gasteiger partial charge >= 0.3 is 0 Å². The van der Waals surface area contributed by atoms with E-state index in [1.807, 2.05) is 61.0 Å². The summed E-state index contributed by atoms with van der Waals surface area (Å²) in [5.41, 5.74) is 4.88. The highest BCUT2D eigenvalue weighted by atomic mass is 127. The van der Waals surface area contributed by atoms with Gasteiger partial charge in [0.05, 0.1) is 16.9 Å². The van der Waals surface area contributed by atoms with E-state index in [2.05, 4.69) is 33.8 Å². The van der Waals surface area contributed by atoms with Crippen molar-refractivity contribution in [3.8, 4) is 11.8 Å². The summed E-state index contributed by atoms with van der Waals surface area (Å²) in [5, 5.41) is 24.4. The van der Waals surface area contributed by atoms with Gasteiger partial charge in [-0.2, -0.15) is 10.4 Å². The van der Waals surface area contributed by atoms with Crippen LogP contribution in [0.3, 0.4) is 0 Å². The maximum Gasteiger partial charge on any atom is 0.108 e. The number of aryl methyl sites for hydroxylation is 1. The second-order valence-corrected chi connectivity index (χ2v) is 6.75. The zero-order valence-corrected chi connectivity index (χ0v) is 15.5. The molecule has 1 atom stereocenters. The van der Waals surface area contributed by atoms with Crippen LogP contribution in [-0.4, -0.2) is 14.9 Å². The van der Waals surface area contributed by atoms with Gasteiger partial charge in [0, 0.05) is 14.8 Å². The summed E-state index contributed by atoms with van der Waals surface area (Å²) in [6.45, 7) is 3.85. The van der Waals surface area contributed by atoms with E-state index in [9.17, 15) is 5.11 Å². The van der Waals surface area contributed by atoms with Crippen LogP contribution in [0.4, 0.5) is 0 Å². The summed E-state index contributed by atoms with van der Waals surface area (Å²) in [4.78, 5) is 0. The van der Waals surface area contributed by atoms with Gasteiger partial charge in [0.2, 0.25) is 0 Å². The molecule has 0 saturated heterocycles. The Balaban J connectivity index is 2.07. The van der Waals surface area contributed by atoms with E-state index in [-0.39, 0.29) is 0 Å². The quantitative estimate of drug-likeness (QED) is 0.640. The highest BCUT2D eigenvalue weighted by Gasteiger charge is 2.21. The van der Waals surface area contributed by atoms with Crippen molar-refractivity contribution < 1.29 is 5.11 Å². The first-order chi connectivity index (χ1) is 11.5. The Bertz CT molecular complexity index is 926. The maximum absolute atomic E-state index is 10.8. The third-order valence-corrected chi connectivity index (χ3v) is 4.95. The number of aliphatic hydroxyl groups excluding tert-OH is 1. The van der Waals surface area contributed by atoms with E-state index < -0.39 is 6.10 Å². The standard InChI is InChI=1S/C19H16IN3O/c1-12-18(19(24)14-6-4-3-5-7-14)13(2)23(22-12)16-9-8-15(11-21)17(20)10-16/h3-10,19,24H,1-2H3. The number of benzene rings is 2. The van der Waals surface area contributed by atoms with Gasteiger partial charge in [-0.1, -0.05) is 30.3 Å². The zero-order valence-electron chi connectivity index (χ0n) is 13.4. The fourth-order valence-corrected chi connectivity index (χ4v) is 3.45. The molecule has 0 aliphatic heterocycles. The molecule has 5 heteroatoms. The molecular weight excluding hydrogens is 413 g/mol. The Morgan fingerprint density at radius 1 is 1.17 bits per heavy atom. The van der Waals surface area contributed by atoms with E-state index in [1.54, 1.807) is 6.07 Å². The van der Waals surface area contributed by atoms with Crippen molar-refractivity contribution in [2.45, 2.75) is 20.0 Å². The molecule has 0 aliphatic carbocycles. The average Bonchev–Trinajstić information content (AvgIpc) is 2.89. The number of aliphatic hydroxyl groups is 1. The highest BCUT2D eigenvalue weighted by Crippen LogP contribution is 2.29. The van der Waals surface area contributed by atoms with E-state index in [0.717, 1.165) is 31.8 Å². The lowest BCUT2D eigenvalue weighted by atomic mass is 10.00. The monoisotopic (exact) mass is 429 g/mol. The van der Waals surface area contributed by atoms with E-state index >= 15 is 0 Å². The summed E-state index contributed by atoms with van der Waals surface area (Å²) in [5.74, 6) is 0. The van der Waals surface area contributed by atoms with Crippen molar-refractivity contribution in [1.82, 2.24) is 9.78 Å². The lowest BCUT2D eigenvalue weighted by molar-refractivity contribution is 0.218. The van der Waals surface area contributed by atoms with Crippen LogP contribution >= 0.6 is 22.6 Å². The largest absolute Gasteiger partial charge is 0.384 e. The van der Waals surface area contributed by atoms with Gasteiger partial charge in [-0.15, -0.1) is 0 Å². The number of hydrogen-bond donors (Lipinski definition) is 1. The molecule has 0 bridgehead atoms. The SMILES string of the molecule is Cc1nn(-c2ccc(C#N)c(I)c2)c(C)c1C(O)c1ccccc1. The van der Waals surface area contributed by atoms with Gasteiger partial charge in [0.1, 0.15) is 12.2 Å². The van der Waals surface area contributed by atoms with Crippen molar-refractivity contribution in [2.24, 2.45) is 0 Å². The van der Waals surface area contributed by atoms with Gasteiger partial charge in [0.25, 0.3) is 0 Å². The topological polar surface area (TPSA) is 61.8 Å². The van der Waals surface area contributed by atoms with Gasteiger partial charge in [-0.25, -0.2) is 4.68 Å². The van der Waals surface area contributed by atoms with E-state index in [0.29, 0.717) is 5.56 Å². The number of rotatable bonds is 3. The molecular formula is C19H16IN3O. The number of halogens is 1. The smallest absolute Gasteiger partial charge is 0.108 e. The number of hydrogen-bond acceptors (Lipinski definition) is 3. The Hall–Kier alpha value is -2.17. The highest BCUT2D eigenvalue weighted by molar-refractivity contribution is 14.1. The zero-order chi connectivity index (χ0) is 17.3. The van der Waals surface area contributed by atoms with Crippen molar-refractivity contribution in [3.05, 3.63) is 80.2 Å². The normalized spacial score (nSPS) is 12.0. The molecule has 3 rings (SSSR count). The molecule has 3 aromatic rings. The number of aromatic nitrogens is 2. The van der Waals surface area contributed by atoms with Gasteiger partial charge in [0.15, 0.2) is 0 Å². The maximum atomic E-state index is 10.8. The molecule has 24 heavy (non-hydrogen) atoms. The Morgan fingerprint density at radius 2 is 1.88 bits per heavy atom. The molecule has 0 amide bonds. The predicted octanol–water partition coefficient (Wildman–Crippen LogP) is 4.05. The van der Waals surface area contributed by atoms with Crippen LogP contribution in [0.5, 0.6) is 0 Å². The van der Waals surface area contributed by atoms with Crippen molar-refractivity contribution in [3.63, 3.8) is 0 Å². The Kier molecular flexibility index (Phi) is 4.69. The second-order valence-electron chi connectivity index (χ2n) is 5.59. The molecule has 4 nitrogen and oxygen atoms in total. The molecule has 1 heterocycles. The summed E-state index contributed by atoms with van der Waals surface area (Å²) < 4.78 is 2.70. The molecule has 0 aliphatic rings. The molecule has 1 N–H and O–H groups in total. The summed E-state index contributed by atoms with van der Waals surface area (Å²) in [6.07, 6.45) is -0.711. The molecule has 0 radical (unpaired) electrons. The minimum absolute atomic E-state index is 0.644. The molecule has 120 valence electrons. The summed E-state index contributed by atoms with van der Waals surface area (Å²) >= 11 is 2.15. The predicted molar refractivity (Wildman–Crippen MR) is 101 cm³/mol. The second kappa shape index (κ2) is 6.75. The van der Waals surface area contributed by atoms with Crippen LogP contribution in [-0.2, 0) is 0 Å². The molecule has 1 unspecified atom stereocenters. The third-order valence-electron chi connectivity index (χ3n) is 4.05. The fraction of sp³-hybridized carbons (Fsp3) is 0.158. The summed E-state index contributed by atoms with van der Waals surface area (Å²) in [7, 11) is 0. The fourth-order valence-electron chi connectivity index (χ4n) is 2.83. The average molecular weight is 429 g/mol. The van der Waals surface area contributed by atoms with Gasteiger partial charge < -0.3 is 5.11 Å². The number of nitriles is 1. The lowest BCUT2D eigenvalue weighted by Crippen LogP contribution is -2.04. The van der Waals surface area contributed by atoms with Gasteiger partial charge in [-0.05, 0) is 60.2 Å². The molecule has 0 saturated carbocycles. The first kappa shape index (κ1) is 16.7. The number of nitrogens with zero attached hydrogens (tertiary/aromatic N) is 3. The molecule has 2 aromatic carbocycles.